The Hall–Kier alpha value is -3.22. The summed E-state index contributed by atoms with van der Waals surface area (Å²) in [6.07, 6.45) is 6.30. The summed E-state index contributed by atoms with van der Waals surface area (Å²) < 4.78 is 45.2. The van der Waals surface area contributed by atoms with E-state index in [9.17, 15) is 22.4 Å². The van der Waals surface area contributed by atoms with Crippen molar-refractivity contribution in [2.24, 2.45) is 17.8 Å². The van der Waals surface area contributed by atoms with Crippen LogP contribution in [-0.4, -0.2) is 95.6 Å². The van der Waals surface area contributed by atoms with Crippen molar-refractivity contribution in [1.29, 1.82) is 0 Å². The van der Waals surface area contributed by atoms with Crippen LogP contribution in [0.4, 0.5) is 14.9 Å². The fraction of sp³-hybridized carbons (Fsp3) is 0.622. The Morgan fingerprint density at radius 3 is 2.37 bits per heavy atom. The predicted octanol–water partition coefficient (Wildman–Crippen LogP) is 3.85. The first-order valence-electron chi connectivity index (χ1n) is 18.1. The summed E-state index contributed by atoms with van der Waals surface area (Å²) >= 11 is 0. The smallest absolute Gasteiger partial charge is 0.407 e. The van der Waals surface area contributed by atoms with Gasteiger partial charge in [-0.05, 0) is 118 Å². The van der Waals surface area contributed by atoms with E-state index in [2.05, 4.69) is 25.8 Å². The van der Waals surface area contributed by atoms with Crippen LogP contribution in [0.25, 0.3) is 0 Å². The molecule has 4 atom stereocenters. The Bertz CT molecular complexity index is 1600. The van der Waals surface area contributed by atoms with Crippen molar-refractivity contribution in [3.63, 3.8) is 0 Å². The molecule has 0 unspecified atom stereocenters. The van der Waals surface area contributed by atoms with Crippen LogP contribution >= 0.6 is 0 Å². The van der Waals surface area contributed by atoms with E-state index in [1.807, 2.05) is 18.2 Å². The van der Waals surface area contributed by atoms with Gasteiger partial charge in [0.05, 0.1) is 23.3 Å². The van der Waals surface area contributed by atoms with E-state index >= 15 is 0 Å². The number of alkyl carbamates (subject to hydrolysis) is 1. The number of anilines is 1. The molecule has 266 valence electrons. The lowest BCUT2D eigenvalue weighted by Gasteiger charge is -2.51. The van der Waals surface area contributed by atoms with Crippen molar-refractivity contribution in [3.8, 4) is 0 Å². The number of piperidine rings is 1. The number of hydrogen-bond acceptors (Lipinski definition) is 8. The van der Waals surface area contributed by atoms with Crippen LogP contribution in [0, 0.1) is 23.6 Å². The number of likely N-dealkylation sites (tertiary alicyclic amines) is 1. The van der Waals surface area contributed by atoms with E-state index in [1.165, 1.54) is 13.2 Å². The fourth-order valence-corrected chi connectivity index (χ4v) is 10.7. The minimum atomic E-state index is -3.18. The molecule has 12 heteroatoms. The number of ether oxygens (including phenoxy) is 1. The lowest BCUT2D eigenvalue weighted by atomic mass is 9.58. The molecule has 3 heterocycles. The van der Waals surface area contributed by atoms with Gasteiger partial charge in [0.15, 0.2) is 9.84 Å². The topological polar surface area (TPSA) is 120 Å². The Kier molecular flexibility index (Phi) is 9.91. The molecule has 0 bridgehead atoms. The number of hydrogen-bond donors (Lipinski definition) is 3. The fourth-order valence-electron chi connectivity index (χ4n) is 9.05. The number of rotatable bonds is 12. The summed E-state index contributed by atoms with van der Waals surface area (Å²) in [6.45, 7) is 5.90. The zero-order chi connectivity index (χ0) is 34.2. The molecule has 10 nitrogen and oxygen atoms in total. The van der Waals surface area contributed by atoms with Crippen LogP contribution in [0.1, 0.15) is 56.9 Å². The van der Waals surface area contributed by atoms with Gasteiger partial charge in [-0.3, -0.25) is 4.79 Å². The quantitative estimate of drug-likeness (QED) is 0.307. The van der Waals surface area contributed by atoms with Crippen LogP contribution in [-0.2, 0) is 24.8 Å². The number of carbonyl (C=O) groups is 2. The van der Waals surface area contributed by atoms with E-state index in [0.717, 1.165) is 102 Å². The maximum atomic E-state index is 15.0. The average Bonchev–Trinajstić information content (AvgIpc) is 3.83. The lowest BCUT2D eigenvalue weighted by molar-refractivity contribution is -0.125. The van der Waals surface area contributed by atoms with Gasteiger partial charge in [-0.1, -0.05) is 18.6 Å². The zero-order valence-corrected chi connectivity index (χ0v) is 29.2. The Morgan fingerprint density at radius 1 is 1.00 bits per heavy atom. The van der Waals surface area contributed by atoms with Crippen LogP contribution in [0.15, 0.2) is 53.4 Å². The molecule has 0 radical (unpaired) electrons. The first-order chi connectivity index (χ1) is 23.7. The number of sulfone groups is 1. The normalized spacial score (nSPS) is 26.3. The maximum absolute atomic E-state index is 15.0. The van der Waals surface area contributed by atoms with Gasteiger partial charge in [-0.15, -0.1) is 0 Å². The van der Waals surface area contributed by atoms with Gasteiger partial charge in [0.2, 0.25) is 5.91 Å². The molecule has 2 saturated carbocycles. The number of carbonyl (C=O) groups excluding carboxylic acids is 2. The third kappa shape index (κ3) is 7.05. The molecule has 3 saturated heterocycles. The molecule has 2 aromatic rings. The third-order valence-electron chi connectivity index (χ3n) is 12.0. The number of nitrogens with zero attached hydrogens (tertiary/aromatic N) is 2. The zero-order valence-electron chi connectivity index (χ0n) is 28.4. The minimum Gasteiger partial charge on any atom is -0.453 e. The molecule has 7 rings (SSSR count). The van der Waals surface area contributed by atoms with Crippen LogP contribution in [0.2, 0.25) is 0 Å². The van der Waals surface area contributed by atoms with E-state index < -0.39 is 21.3 Å². The molecule has 2 aromatic carbocycles. The van der Waals surface area contributed by atoms with Crippen molar-refractivity contribution >= 4 is 27.5 Å². The number of benzene rings is 2. The second-order valence-corrected chi connectivity index (χ2v) is 17.2. The molecule has 5 aliphatic rings. The molecule has 3 aliphatic heterocycles. The van der Waals surface area contributed by atoms with Gasteiger partial charge < -0.3 is 30.5 Å². The van der Waals surface area contributed by atoms with Crippen LogP contribution in [0.5, 0.6) is 0 Å². The molecular weight excluding hydrogens is 646 g/mol. The summed E-state index contributed by atoms with van der Waals surface area (Å²) in [5, 5.41) is 9.39. The molecule has 2 amide bonds. The number of methoxy groups -OCH3 is 1. The number of halogens is 1. The van der Waals surface area contributed by atoms with Crippen molar-refractivity contribution < 1.29 is 27.1 Å². The largest absolute Gasteiger partial charge is 0.453 e. The Labute approximate surface area is 289 Å². The highest BCUT2D eigenvalue weighted by molar-refractivity contribution is 7.92. The van der Waals surface area contributed by atoms with Crippen LogP contribution in [0.3, 0.4) is 0 Å². The van der Waals surface area contributed by atoms with E-state index in [4.69, 9.17) is 4.74 Å². The van der Waals surface area contributed by atoms with Gasteiger partial charge in [-0.2, -0.15) is 0 Å². The van der Waals surface area contributed by atoms with Gasteiger partial charge in [0.25, 0.3) is 0 Å². The third-order valence-corrected chi connectivity index (χ3v) is 14.3. The molecule has 0 spiro atoms. The minimum absolute atomic E-state index is 0.00504. The standard InChI is InChI=1S/C37H50FN5O5S/c1-48-36(45)41-33-7-3-6-32(33)37(27-4-2-5-28(38)20-27,24-40-35(44)34-14-17-39-34)26-15-18-42(19-16-26)21-25-22-43(23-25)29-8-10-30(11-9-29)49(46,47)31-12-13-31/h2,4-5,8-11,20,25-26,31-34,39H,3,6-7,12-19,21-24H2,1H3,(H,40,44)(H,41,45)/t32-,33-,34+,37-/m0/s1. The van der Waals surface area contributed by atoms with Crippen molar-refractivity contribution in [2.75, 3.05) is 57.8 Å². The van der Waals surface area contributed by atoms with Gasteiger partial charge in [0, 0.05) is 49.2 Å². The summed E-state index contributed by atoms with van der Waals surface area (Å²) in [5.41, 5.74) is 1.39. The Balaban J connectivity index is 1.04. The number of amides is 2. The molecule has 0 aromatic heterocycles. The number of nitrogens with one attached hydrogen (secondary N) is 3. The highest BCUT2D eigenvalue weighted by Gasteiger charge is 2.52. The molecule has 3 N–H and O–H groups in total. The summed E-state index contributed by atoms with van der Waals surface area (Å²) in [6, 6.07) is 13.9. The second-order valence-electron chi connectivity index (χ2n) is 14.9. The van der Waals surface area contributed by atoms with Crippen molar-refractivity contribution in [2.45, 2.75) is 79.0 Å². The second kappa shape index (κ2) is 14.2. The van der Waals surface area contributed by atoms with Crippen molar-refractivity contribution in [3.05, 3.63) is 59.9 Å². The Morgan fingerprint density at radius 2 is 1.73 bits per heavy atom. The molecular formula is C37H50FN5O5S. The lowest BCUT2D eigenvalue weighted by Crippen LogP contribution is -2.60. The first kappa shape index (κ1) is 34.2. The van der Waals surface area contributed by atoms with E-state index in [-0.39, 0.29) is 40.9 Å². The summed E-state index contributed by atoms with van der Waals surface area (Å²) in [5.74, 6) is 0.389. The average molecular weight is 696 g/mol. The molecule has 5 fully saturated rings. The highest BCUT2D eigenvalue weighted by atomic mass is 32.2. The van der Waals surface area contributed by atoms with Crippen molar-refractivity contribution in [1.82, 2.24) is 20.9 Å². The van der Waals surface area contributed by atoms with E-state index in [0.29, 0.717) is 17.4 Å². The van der Waals surface area contributed by atoms with E-state index in [1.54, 1.807) is 24.3 Å². The van der Waals surface area contributed by atoms with Gasteiger partial charge in [0.1, 0.15) is 5.82 Å². The maximum Gasteiger partial charge on any atom is 0.407 e. The SMILES string of the molecule is COC(=O)N[C@H]1CCC[C@@H]1[C@](CNC(=O)[C@H]1CCN1)(c1cccc(F)c1)C1CCN(CC2CN(c3ccc(S(=O)(=O)C4CC4)cc3)C2)CC1. The molecule has 2 aliphatic carbocycles. The summed E-state index contributed by atoms with van der Waals surface area (Å²) in [7, 11) is -1.80. The highest BCUT2D eigenvalue weighted by Crippen LogP contribution is 2.50. The van der Waals surface area contributed by atoms with Gasteiger partial charge in [-0.25, -0.2) is 17.6 Å². The monoisotopic (exact) mass is 695 g/mol. The summed E-state index contributed by atoms with van der Waals surface area (Å²) in [4.78, 5) is 31.0. The first-order valence-corrected chi connectivity index (χ1v) is 19.6. The van der Waals surface area contributed by atoms with Crippen LogP contribution < -0.4 is 20.9 Å². The molecule has 49 heavy (non-hydrogen) atoms. The van der Waals surface area contributed by atoms with Gasteiger partial charge >= 0.3 is 6.09 Å². The predicted molar refractivity (Wildman–Crippen MR) is 186 cm³/mol.